The van der Waals surface area contributed by atoms with E-state index in [1.54, 1.807) is 10.7 Å². The molecule has 0 aromatic carbocycles. The summed E-state index contributed by atoms with van der Waals surface area (Å²) in [6, 6.07) is 3.75. The summed E-state index contributed by atoms with van der Waals surface area (Å²) in [6.45, 7) is 3.92. The molecule has 0 aliphatic heterocycles. The van der Waals surface area contributed by atoms with E-state index in [0.29, 0.717) is 24.0 Å². The predicted octanol–water partition coefficient (Wildman–Crippen LogP) is 3.58. The first-order valence-corrected chi connectivity index (χ1v) is 8.77. The highest BCUT2D eigenvalue weighted by atomic mass is 16.1. The smallest absolute Gasteiger partial charge is 0.225 e. The molecule has 1 N–H and O–H groups in total. The van der Waals surface area contributed by atoms with Crippen LogP contribution in [0.1, 0.15) is 56.3 Å². The maximum atomic E-state index is 12.2. The lowest BCUT2D eigenvalue weighted by Gasteiger charge is -2.20. The van der Waals surface area contributed by atoms with Gasteiger partial charge in [0, 0.05) is 18.2 Å². The summed E-state index contributed by atoms with van der Waals surface area (Å²) >= 11 is 0. The Balaban J connectivity index is 1.59. The van der Waals surface area contributed by atoms with Gasteiger partial charge in [0.05, 0.1) is 5.69 Å². The van der Waals surface area contributed by atoms with Gasteiger partial charge in [-0.25, -0.2) is 14.6 Å². The maximum absolute atomic E-state index is 12.2. The van der Waals surface area contributed by atoms with Crippen LogP contribution in [0.2, 0.25) is 0 Å². The molecule has 1 fully saturated rings. The maximum Gasteiger partial charge on any atom is 0.225 e. The van der Waals surface area contributed by atoms with E-state index >= 15 is 0 Å². The van der Waals surface area contributed by atoms with Crippen LogP contribution in [0.25, 0.3) is 5.82 Å². The number of hydrogen-bond acceptors (Lipinski definition) is 4. The predicted molar refractivity (Wildman–Crippen MR) is 93.1 cm³/mol. The number of nitrogens with zero attached hydrogens (tertiary/aromatic N) is 4. The fourth-order valence-electron chi connectivity index (χ4n) is 3.41. The zero-order chi connectivity index (χ0) is 16.9. The number of aromatic nitrogens is 4. The third-order valence-electron chi connectivity index (χ3n) is 4.65. The van der Waals surface area contributed by atoms with Crippen LogP contribution in [0.4, 0.5) is 5.82 Å². The van der Waals surface area contributed by atoms with Gasteiger partial charge in [-0.15, -0.1) is 0 Å². The van der Waals surface area contributed by atoms with Crippen LogP contribution in [0.3, 0.4) is 0 Å². The lowest BCUT2D eigenvalue weighted by molar-refractivity contribution is -0.116. The lowest BCUT2D eigenvalue weighted by Crippen LogP contribution is -2.16. The highest BCUT2D eigenvalue weighted by molar-refractivity contribution is 5.89. The molecule has 6 heteroatoms. The van der Waals surface area contributed by atoms with E-state index in [1.165, 1.54) is 38.4 Å². The first-order valence-electron chi connectivity index (χ1n) is 8.77. The van der Waals surface area contributed by atoms with E-state index in [1.807, 2.05) is 19.9 Å². The van der Waals surface area contributed by atoms with Crippen molar-refractivity contribution in [2.75, 3.05) is 5.32 Å². The summed E-state index contributed by atoms with van der Waals surface area (Å²) in [6.07, 6.45) is 9.49. The second kappa shape index (κ2) is 7.55. The first-order chi connectivity index (χ1) is 11.6. The number of carbonyl (C=O) groups is 1. The number of hydrogen-bond donors (Lipinski definition) is 1. The van der Waals surface area contributed by atoms with Crippen LogP contribution in [-0.2, 0) is 4.79 Å². The number of amides is 1. The van der Waals surface area contributed by atoms with E-state index in [4.69, 9.17) is 0 Å². The normalized spacial score (nSPS) is 15.4. The van der Waals surface area contributed by atoms with Crippen LogP contribution in [0.5, 0.6) is 0 Å². The summed E-state index contributed by atoms with van der Waals surface area (Å²) in [5.41, 5.74) is 1.94. The van der Waals surface area contributed by atoms with Gasteiger partial charge in [0.1, 0.15) is 12.1 Å². The van der Waals surface area contributed by atoms with Gasteiger partial charge in [-0.3, -0.25) is 4.79 Å². The number of rotatable bonds is 5. The van der Waals surface area contributed by atoms with Crippen molar-refractivity contribution in [3.63, 3.8) is 0 Å². The molecule has 0 atom stereocenters. The molecule has 24 heavy (non-hydrogen) atoms. The second-order valence-corrected chi connectivity index (χ2v) is 6.69. The van der Waals surface area contributed by atoms with E-state index in [2.05, 4.69) is 20.4 Å². The molecule has 1 saturated carbocycles. The van der Waals surface area contributed by atoms with Gasteiger partial charge in [-0.05, 0) is 32.3 Å². The molecule has 0 radical (unpaired) electrons. The fourth-order valence-corrected chi connectivity index (χ4v) is 3.41. The molecule has 6 nitrogen and oxygen atoms in total. The molecular weight excluding hydrogens is 302 g/mol. The Labute approximate surface area is 142 Å². The minimum atomic E-state index is 0.0265. The minimum absolute atomic E-state index is 0.0265. The third kappa shape index (κ3) is 4.19. The van der Waals surface area contributed by atoms with Crippen molar-refractivity contribution in [3.05, 3.63) is 29.8 Å². The molecule has 1 amide bonds. The van der Waals surface area contributed by atoms with Gasteiger partial charge < -0.3 is 5.32 Å². The van der Waals surface area contributed by atoms with Crippen LogP contribution >= 0.6 is 0 Å². The highest BCUT2D eigenvalue weighted by Crippen LogP contribution is 2.27. The Kier molecular flexibility index (Phi) is 5.23. The Hall–Kier alpha value is -2.24. The van der Waals surface area contributed by atoms with Crippen LogP contribution in [-0.4, -0.2) is 25.7 Å². The Bertz CT molecular complexity index is 703. The van der Waals surface area contributed by atoms with E-state index in [-0.39, 0.29) is 5.91 Å². The Morgan fingerprint density at radius 1 is 1.21 bits per heavy atom. The van der Waals surface area contributed by atoms with Crippen molar-refractivity contribution in [3.8, 4) is 5.82 Å². The summed E-state index contributed by atoms with van der Waals surface area (Å²) in [5, 5.41) is 7.30. The van der Waals surface area contributed by atoms with Crippen molar-refractivity contribution in [2.45, 2.75) is 58.8 Å². The molecule has 2 heterocycles. The molecule has 128 valence electrons. The minimum Gasteiger partial charge on any atom is -0.311 e. The average molecular weight is 327 g/mol. The van der Waals surface area contributed by atoms with E-state index in [0.717, 1.165) is 17.8 Å². The van der Waals surface area contributed by atoms with Crippen LogP contribution in [0, 0.1) is 19.8 Å². The summed E-state index contributed by atoms with van der Waals surface area (Å²) in [5.74, 6) is 1.93. The van der Waals surface area contributed by atoms with Gasteiger partial charge in [-0.1, -0.05) is 32.1 Å². The fraction of sp³-hybridized carbons (Fsp3) is 0.556. The van der Waals surface area contributed by atoms with Crippen molar-refractivity contribution >= 4 is 11.7 Å². The molecule has 0 unspecified atom stereocenters. The summed E-state index contributed by atoms with van der Waals surface area (Å²) in [4.78, 5) is 20.6. The zero-order valence-corrected chi connectivity index (χ0v) is 14.5. The topological polar surface area (TPSA) is 72.7 Å². The monoisotopic (exact) mass is 327 g/mol. The largest absolute Gasteiger partial charge is 0.311 e. The molecule has 0 saturated heterocycles. The quantitative estimate of drug-likeness (QED) is 0.911. The lowest BCUT2D eigenvalue weighted by atomic mass is 9.86. The molecule has 1 aliphatic rings. The first kappa shape index (κ1) is 16.6. The molecule has 0 bridgehead atoms. The molecule has 3 rings (SSSR count). The molecule has 1 aliphatic carbocycles. The standard InChI is InChI=1S/C18H25N5O/c1-13-10-14(2)23(22-13)17-11-16(19-12-20-17)21-18(24)9-8-15-6-4-3-5-7-15/h10-12,15H,3-9H2,1-2H3,(H,19,20,21,24). The van der Waals surface area contributed by atoms with Gasteiger partial charge >= 0.3 is 0 Å². The summed E-state index contributed by atoms with van der Waals surface area (Å²) < 4.78 is 1.76. The molecular formula is C18H25N5O. The van der Waals surface area contributed by atoms with Gasteiger partial charge in [0.15, 0.2) is 5.82 Å². The number of anilines is 1. The number of nitrogens with one attached hydrogen (secondary N) is 1. The van der Waals surface area contributed by atoms with Crippen molar-refractivity contribution in [1.29, 1.82) is 0 Å². The number of aryl methyl sites for hydroxylation is 2. The average Bonchev–Trinajstić information content (AvgIpc) is 2.93. The molecule has 2 aromatic rings. The summed E-state index contributed by atoms with van der Waals surface area (Å²) in [7, 11) is 0. The molecule has 0 spiro atoms. The van der Waals surface area contributed by atoms with Crippen molar-refractivity contribution < 1.29 is 4.79 Å². The SMILES string of the molecule is Cc1cc(C)n(-c2cc(NC(=O)CCC3CCCCC3)ncn2)n1. The van der Waals surface area contributed by atoms with Crippen LogP contribution < -0.4 is 5.32 Å². The van der Waals surface area contributed by atoms with E-state index in [9.17, 15) is 4.79 Å². The second-order valence-electron chi connectivity index (χ2n) is 6.69. The van der Waals surface area contributed by atoms with E-state index < -0.39 is 0 Å². The van der Waals surface area contributed by atoms with Crippen LogP contribution in [0.15, 0.2) is 18.5 Å². The van der Waals surface area contributed by atoms with Gasteiger partial charge in [0.2, 0.25) is 5.91 Å². The molecule has 2 aromatic heterocycles. The number of carbonyl (C=O) groups excluding carboxylic acids is 1. The highest BCUT2D eigenvalue weighted by Gasteiger charge is 2.15. The zero-order valence-electron chi connectivity index (χ0n) is 14.5. The van der Waals surface area contributed by atoms with Gasteiger partial charge in [-0.2, -0.15) is 5.10 Å². The van der Waals surface area contributed by atoms with Crippen molar-refractivity contribution in [1.82, 2.24) is 19.7 Å². The third-order valence-corrected chi connectivity index (χ3v) is 4.65. The Morgan fingerprint density at radius 2 is 2.00 bits per heavy atom. The van der Waals surface area contributed by atoms with Gasteiger partial charge in [0.25, 0.3) is 0 Å². The Morgan fingerprint density at radius 3 is 2.71 bits per heavy atom. The van der Waals surface area contributed by atoms with Crippen molar-refractivity contribution in [2.24, 2.45) is 5.92 Å².